The number of hydrogen-bond acceptors (Lipinski definition) is 3. The van der Waals surface area contributed by atoms with Gasteiger partial charge in [0.2, 0.25) is 5.91 Å². The molecule has 1 aromatic heterocycles. The monoisotopic (exact) mass is 420 g/mol. The SMILES string of the molecule is CC1CC1NC(=NCC(=O)N(C)C)NCCc1ccco1.I. The Bertz CT molecular complexity index is 488. The summed E-state index contributed by atoms with van der Waals surface area (Å²) in [7, 11) is 3.47. The highest BCUT2D eigenvalue weighted by atomic mass is 127. The number of likely N-dealkylation sites (N-methyl/N-ethyl adjacent to an activating group) is 1. The van der Waals surface area contributed by atoms with Gasteiger partial charge in [-0.2, -0.15) is 0 Å². The second-order valence-electron chi connectivity index (χ2n) is 5.67. The first-order valence-electron chi connectivity index (χ1n) is 7.33. The van der Waals surface area contributed by atoms with Crippen molar-refractivity contribution in [2.45, 2.75) is 25.8 Å². The maximum absolute atomic E-state index is 11.6. The van der Waals surface area contributed by atoms with Crippen molar-refractivity contribution in [3.63, 3.8) is 0 Å². The Hall–Kier alpha value is -1.25. The van der Waals surface area contributed by atoms with E-state index < -0.39 is 0 Å². The van der Waals surface area contributed by atoms with Crippen molar-refractivity contribution < 1.29 is 9.21 Å². The van der Waals surface area contributed by atoms with Crippen LogP contribution in [-0.4, -0.2) is 50.0 Å². The number of carbonyl (C=O) groups is 1. The minimum Gasteiger partial charge on any atom is -0.469 e. The van der Waals surface area contributed by atoms with Crippen molar-refractivity contribution in [2.24, 2.45) is 10.9 Å². The van der Waals surface area contributed by atoms with E-state index in [-0.39, 0.29) is 36.4 Å². The van der Waals surface area contributed by atoms with E-state index >= 15 is 0 Å². The maximum atomic E-state index is 11.6. The Labute approximate surface area is 148 Å². The van der Waals surface area contributed by atoms with Crippen LogP contribution in [0.1, 0.15) is 19.1 Å². The number of nitrogens with zero attached hydrogens (tertiary/aromatic N) is 2. The number of amides is 1. The zero-order valence-corrected chi connectivity index (χ0v) is 15.7. The predicted molar refractivity (Wildman–Crippen MR) is 97.5 cm³/mol. The van der Waals surface area contributed by atoms with Crippen molar-refractivity contribution in [3.05, 3.63) is 24.2 Å². The summed E-state index contributed by atoms with van der Waals surface area (Å²) in [5, 5.41) is 6.60. The fourth-order valence-corrected chi connectivity index (χ4v) is 1.90. The molecule has 1 amide bonds. The van der Waals surface area contributed by atoms with Gasteiger partial charge in [0.25, 0.3) is 0 Å². The number of aliphatic imine (C=N–C) groups is 1. The van der Waals surface area contributed by atoms with Gasteiger partial charge in [-0.05, 0) is 24.5 Å². The van der Waals surface area contributed by atoms with Gasteiger partial charge in [-0.15, -0.1) is 24.0 Å². The summed E-state index contributed by atoms with van der Waals surface area (Å²) >= 11 is 0. The van der Waals surface area contributed by atoms with Gasteiger partial charge in [0.05, 0.1) is 6.26 Å². The molecule has 2 atom stereocenters. The van der Waals surface area contributed by atoms with Crippen molar-refractivity contribution in [3.8, 4) is 0 Å². The first kappa shape index (κ1) is 18.8. The van der Waals surface area contributed by atoms with Crippen LogP contribution in [0.25, 0.3) is 0 Å². The summed E-state index contributed by atoms with van der Waals surface area (Å²) in [5.41, 5.74) is 0. The summed E-state index contributed by atoms with van der Waals surface area (Å²) in [4.78, 5) is 17.5. The number of carbonyl (C=O) groups excluding carboxylic acids is 1. The molecule has 1 aliphatic rings. The van der Waals surface area contributed by atoms with E-state index in [1.165, 1.54) is 0 Å². The lowest BCUT2D eigenvalue weighted by Gasteiger charge is -2.13. The highest BCUT2D eigenvalue weighted by Gasteiger charge is 2.33. The third kappa shape index (κ3) is 6.25. The Morgan fingerprint density at radius 1 is 1.50 bits per heavy atom. The van der Waals surface area contributed by atoms with Crippen LogP contribution in [0, 0.1) is 5.92 Å². The van der Waals surface area contributed by atoms with Crippen LogP contribution in [0.4, 0.5) is 0 Å². The number of furan rings is 1. The van der Waals surface area contributed by atoms with Crippen molar-refractivity contribution in [2.75, 3.05) is 27.2 Å². The Morgan fingerprint density at radius 3 is 2.77 bits per heavy atom. The van der Waals surface area contributed by atoms with Crippen LogP contribution >= 0.6 is 24.0 Å². The molecule has 0 spiro atoms. The zero-order chi connectivity index (χ0) is 15.2. The van der Waals surface area contributed by atoms with Gasteiger partial charge in [0.1, 0.15) is 12.3 Å². The highest BCUT2D eigenvalue weighted by molar-refractivity contribution is 14.0. The molecule has 0 radical (unpaired) electrons. The molecule has 1 saturated carbocycles. The lowest BCUT2D eigenvalue weighted by molar-refractivity contribution is -0.127. The molecule has 0 bridgehead atoms. The zero-order valence-electron chi connectivity index (χ0n) is 13.3. The molecule has 0 aromatic carbocycles. The van der Waals surface area contributed by atoms with E-state index in [0.29, 0.717) is 17.9 Å². The fraction of sp³-hybridized carbons (Fsp3) is 0.600. The average Bonchev–Trinajstić information content (AvgIpc) is 2.92. The Kier molecular flexibility index (Phi) is 7.70. The smallest absolute Gasteiger partial charge is 0.243 e. The van der Waals surface area contributed by atoms with Crippen molar-refractivity contribution in [1.29, 1.82) is 0 Å². The van der Waals surface area contributed by atoms with E-state index in [1.807, 2.05) is 12.1 Å². The summed E-state index contributed by atoms with van der Waals surface area (Å²) in [6.07, 6.45) is 3.61. The number of guanidine groups is 1. The second kappa shape index (κ2) is 9.02. The Morgan fingerprint density at radius 2 is 2.23 bits per heavy atom. The molecule has 2 rings (SSSR count). The molecular weight excluding hydrogens is 395 g/mol. The van der Waals surface area contributed by atoms with E-state index in [9.17, 15) is 4.79 Å². The summed E-state index contributed by atoms with van der Waals surface area (Å²) in [5.74, 6) is 2.30. The normalized spacial score (nSPS) is 20.0. The van der Waals surface area contributed by atoms with Crippen LogP contribution in [0.5, 0.6) is 0 Å². The first-order chi connectivity index (χ1) is 10.1. The molecule has 124 valence electrons. The van der Waals surface area contributed by atoms with E-state index in [1.54, 1.807) is 25.3 Å². The summed E-state index contributed by atoms with van der Waals surface area (Å²) in [6, 6.07) is 4.30. The van der Waals surface area contributed by atoms with Crippen LogP contribution in [0.2, 0.25) is 0 Å². The van der Waals surface area contributed by atoms with Gasteiger partial charge >= 0.3 is 0 Å². The molecule has 6 nitrogen and oxygen atoms in total. The topological polar surface area (TPSA) is 69.9 Å². The lowest BCUT2D eigenvalue weighted by Crippen LogP contribution is -2.41. The largest absolute Gasteiger partial charge is 0.469 e. The van der Waals surface area contributed by atoms with E-state index in [2.05, 4.69) is 22.5 Å². The summed E-state index contributed by atoms with van der Waals surface area (Å²) < 4.78 is 5.29. The third-order valence-electron chi connectivity index (χ3n) is 3.55. The first-order valence-corrected chi connectivity index (χ1v) is 7.33. The molecule has 0 saturated heterocycles. The molecule has 0 aliphatic heterocycles. The van der Waals surface area contributed by atoms with Crippen molar-refractivity contribution in [1.82, 2.24) is 15.5 Å². The lowest BCUT2D eigenvalue weighted by atomic mass is 10.3. The standard InChI is InChI=1S/C15H24N4O2.HI/c1-11-9-13(11)18-15(17-10-14(20)19(2)3)16-7-6-12-5-4-8-21-12;/h4-5,8,11,13H,6-7,9-10H2,1-3H3,(H2,16,17,18);1H. The van der Waals surface area contributed by atoms with E-state index in [0.717, 1.165) is 25.1 Å². The number of nitrogens with one attached hydrogen (secondary N) is 2. The molecular formula is C15H25IN4O2. The van der Waals surface area contributed by atoms with Gasteiger partial charge in [0, 0.05) is 33.1 Å². The molecule has 22 heavy (non-hydrogen) atoms. The Balaban J connectivity index is 0.00000242. The van der Waals surface area contributed by atoms with Crippen LogP contribution < -0.4 is 10.6 Å². The molecule has 2 unspecified atom stereocenters. The van der Waals surface area contributed by atoms with Crippen LogP contribution in [0.15, 0.2) is 27.8 Å². The second-order valence-corrected chi connectivity index (χ2v) is 5.67. The molecule has 1 heterocycles. The molecule has 1 fully saturated rings. The van der Waals surface area contributed by atoms with Gasteiger partial charge in [-0.3, -0.25) is 4.79 Å². The van der Waals surface area contributed by atoms with Crippen LogP contribution in [-0.2, 0) is 11.2 Å². The molecule has 2 N–H and O–H groups in total. The van der Waals surface area contributed by atoms with E-state index in [4.69, 9.17) is 4.42 Å². The van der Waals surface area contributed by atoms with Gasteiger partial charge in [0.15, 0.2) is 5.96 Å². The van der Waals surface area contributed by atoms with Gasteiger partial charge < -0.3 is 20.0 Å². The molecule has 1 aromatic rings. The van der Waals surface area contributed by atoms with Crippen molar-refractivity contribution >= 4 is 35.8 Å². The minimum atomic E-state index is -0.00835. The third-order valence-corrected chi connectivity index (χ3v) is 3.55. The molecule has 1 aliphatic carbocycles. The minimum absolute atomic E-state index is 0. The van der Waals surface area contributed by atoms with Crippen LogP contribution in [0.3, 0.4) is 0 Å². The van der Waals surface area contributed by atoms with Gasteiger partial charge in [-0.25, -0.2) is 4.99 Å². The quantitative estimate of drug-likeness (QED) is 0.416. The predicted octanol–water partition coefficient (Wildman–Crippen LogP) is 1.47. The molecule has 7 heteroatoms. The number of halogens is 1. The van der Waals surface area contributed by atoms with Gasteiger partial charge in [-0.1, -0.05) is 6.92 Å². The highest BCUT2D eigenvalue weighted by Crippen LogP contribution is 2.28. The average molecular weight is 420 g/mol. The number of hydrogen-bond donors (Lipinski definition) is 2. The number of rotatable bonds is 6. The fourth-order valence-electron chi connectivity index (χ4n) is 1.90. The summed E-state index contributed by atoms with van der Waals surface area (Å²) in [6.45, 7) is 3.07. The maximum Gasteiger partial charge on any atom is 0.243 e.